The van der Waals surface area contributed by atoms with Gasteiger partial charge in [-0.1, -0.05) is 30.1 Å². The number of phenols is 2. The number of benzene rings is 2. The first-order valence-electron chi connectivity index (χ1n) is 8.99. The molecule has 2 aromatic carbocycles. The van der Waals surface area contributed by atoms with Gasteiger partial charge in [-0.3, -0.25) is 4.98 Å². The van der Waals surface area contributed by atoms with Gasteiger partial charge in [0.1, 0.15) is 17.2 Å². The van der Waals surface area contributed by atoms with E-state index < -0.39 is 0 Å². The molecular weight excluding hydrogens is 409 g/mol. The van der Waals surface area contributed by atoms with Gasteiger partial charge in [-0.15, -0.1) is 0 Å². The fraction of sp³-hybridized carbons (Fsp3) is 0.0909. The summed E-state index contributed by atoms with van der Waals surface area (Å²) in [6.45, 7) is 2.05. The molecule has 4 rings (SSSR count). The highest BCUT2D eigenvalue weighted by Gasteiger charge is 2.23. The predicted molar refractivity (Wildman–Crippen MR) is 115 cm³/mol. The number of hydrogen-bond acceptors (Lipinski definition) is 4. The molecule has 0 atom stereocenters. The van der Waals surface area contributed by atoms with E-state index in [1.54, 1.807) is 28.9 Å². The second-order valence-corrected chi connectivity index (χ2v) is 7.30. The molecule has 2 aromatic heterocycles. The van der Waals surface area contributed by atoms with Gasteiger partial charge in [0.25, 0.3) is 0 Å². The zero-order valence-corrected chi connectivity index (χ0v) is 17.0. The highest BCUT2D eigenvalue weighted by Crippen LogP contribution is 2.38. The molecule has 0 radical (unpaired) electrons. The van der Waals surface area contributed by atoms with Gasteiger partial charge < -0.3 is 10.2 Å². The molecule has 0 saturated carbocycles. The van der Waals surface area contributed by atoms with Gasteiger partial charge in [-0.2, -0.15) is 5.10 Å². The summed E-state index contributed by atoms with van der Waals surface area (Å²) in [6, 6.07) is 13.8. The first kappa shape index (κ1) is 19.3. The second kappa shape index (κ2) is 7.78. The third-order valence-corrected chi connectivity index (χ3v) is 5.21. The maximum Gasteiger partial charge on any atom is 0.115 e. The summed E-state index contributed by atoms with van der Waals surface area (Å²) < 4.78 is 1.72. The first-order valence-corrected chi connectivity index (χ1v) is 9.75. The first-order chi connectivity index (χ1) is 14.0. The lowest BCUT2D eigenvalue weighted by Crippen LogP contribution is -2.02. The molecule has 0 saturated heterocycles. The summed E-state index contributed by atoms with van der Waals surface area (Å²) in [5, 5.41) is 25.0. The highest BCUT2D eigenvalue weighted by atomic mass is 35.5. The number of aromatic nitrogens is 3. The molecule has 4 aromatic rings. The van der Waals surface area contributed by atoms with E-state index in [2.05, 4.69) is 4.98 Å². The summed E-state index contributed by atoms with van der Waals surface area (Å²) in [5.41, 5.74) is 4.84. The number of phenolic OH excluding ortho intramolecular Hbond substituents is 2. The van der Waals surface area contributed by atoms with Crippen molar-refractivity contribution in [2.45, 2.75) is 13.3 Å². The number of hydrogen-bond donors (Lipinski definition) is 2. The van der Waals surface area contributed by atoms with E-state index in [-0.39, 0.29) is 11.5 Å². The molecule has 0 unspecified atom stereocenters. The van der Waals surface area contributed by atoms with E-state index in [1.807, 2.05) is 31.2 Å². The van der Waals surface area contributed by atoms with Crippen LogP contribution in [0.4, 0.5) is 0 Å². The molecule has 2 heterocycles. The molecule has 5 nitrogen and oxygen atoms in total. The average molecular weight is 426 g/mol. The number of pyridine rings is 1. The van der Waals surface area contributed by atoms with Crippen LogP contribution in [0.15, 0.2) is 60.9 Å². The molecule has 0 spiro atoms. The van der Waals surface area contributed by atoms with Gasteiger partial charge in [0.15, 0.2) is 0 Å². The maximum atomic E-state index is 9.72. The third kappa shape index (κ3) is 3.55. The Kier molecular flexibility index (Phi) is 5.18. The molecule has 0 bridgehead atoms. The maximum absolute atomic E-state index is 9.72. The van der Waals surface area contributed by atoms with Crippen molar-refractivity contribution in [3.63, 3.8) is 0 Å². The Labute approximate surface area is 177 Å². The smallest absolute Gasteiger partial charge is 0.115 e. The lowest BCUT2D eigenvalue weighted by atomic mass is 9.99. The molecule has 2 N–H and O–H groups in total. The fourth-order valence-corrected chi connectivity index (χ4v) is 3.85. The van der Waals surface area contributed by atoms with E-state index >= 15 is 0 Å². The van der Waals surface area contributed by atoms with Gasteiger partial charge >= 0.3 is 0 Å². The monoisotopic (exact) mass is 425 g/mol. The van der Waals surface area contributed by atoms with Gasteiger partial charge in [-0.05, 0) is 55.0 Å². The number of rotatable bonds is 4. The van der Waals surface area contributed by atoms with Crippen molar-refractivity contribution in [1.82, 2.24) is 14.8 Å². The molecule has 0 aliphatic carbocycles. The Morgan fingerprint density at radius 3 is 1.86 bits per heavy atom. The van der Waals surface area contributed by atoms with Crippen molar-refractivity contribution >= 4 is 23.2 Å². The van der Waals surface area contributed by atoms with Crippen molar-refractivity contribution in [3.8, 4) is 39.7 Å². The van der Waals surface area contributed by atoms with Crippen LogP contribution in [0.3, 0.4) is 0 Å². The second-order valence-electron chi connectivity index (χ2n) is 6.49. The Bertz CT molecular complexity index is 1150. The normalized spacial score (nSPS) is 11.0. The minimum atomic E-state index is 0.177. The Morgan fingerprint density at radius 2 is 1.34 bits per heavy atom. The van der Waals surface area contributed by atoms with E-state index in [4.69, 9.17) is 28.3 Å². The minimum absolute atomic E-state index is 0.177. The summed E-state index contributed by atoms with van der Waals surface area (Å²) >= 11 is 12.9. The molecule has 0 amide bonds. The quantitative estimate of drug-likeness (QED) is 0.428. The van der Waals surface area contributed by atoms with Crippen LogP contribution in [0.25, 0.3) is 28.2 Å². The van der Waals surface area contributed by atoms with E-state index in [0.717, 1.165) is 28.1 Å². The van der Waals surface area contributed by atoms with Crippen molar-refractivity contribution < 1.29 is 10.2 Å². The minimum Gasteiger partial charge on any atom is -0.508 e. The van der Waals surface area contributed by atoms with Crippen LogP contribution < -0.4 is 0 Å². The molecule has 146 valence electrons. The topological polar surface area (TPSA) is 71.2 Å². The van der Waals surface area contributed by atoms with E-state index in [0.29, 0.717) is 22.2 Å². The lowest BCUT2D eigenvalue weighted by Gasteiger charge is -2.12. The van der Waals surface area contributed by atoms with Crippen molar-refractivity contribution in [2.24, 2.45) is 0 Å². The lowest BCUT2D eigenvalue weighted by molar-refractivity contribution is 0.475. The van der Waals surface area contributed by atoms with Crippen LogP contribution in [-0.4, -0.2) is 25.0 Å². The van der Waals surface area contributed by atoms with Crippen molar-refractivity contribution in [2.75, 3.05) is 0 Å². The Balaban J connectivity index is 2.05. The zero-order valence-electron chi connectivity index (χ0n) is 15.5. The van der Waals surface area contributed by atoms with Crippen LogP contribution in [0.5, 0.6) is 11.5 Å². The summed E-state index contributed by atoms with van der Waals surface area (Å²) in [7, 11) is 0. The molecule has 0 fully saturated rings. The summed E-state index contributed by atoms with van der Waals surface area (Å²) in [6.07, 6.45) is 3.75. The van der Waals surface area contributed by atoms with Crippen LogP contribution in [0, 0.1) is 0 Å². The van der Waals surface area contributed by atoms with E-state index in [9.17, 15) is 10.2 Å². The number of halogens is 2. The SMILES string of the molecule is CCc1c(-c2ccc(O)cc2)nn(-c2c(Cl)cncc2Cl)c1-c1ccc(O)cc1. The summed E-state index contributed by atoms with van der Waals surface area (Å²) in [5.74, 6) is 0.363. The van der Waals surface area contributed by atoms with Crippen LogP contribution in [-0.2, 0) is 6.42 Å². The third-order valence-electron chi connectivity index (χ3n) is 4.66. The molecule has 0 aliphatic heterocycles. The fourth-order valence-electron chi connectivity index (χ4n) is 3.32. The van der Waals surface area contributed by atoms with Crippen molar-refractivity contribution in [1.29, 1.82) is 0 Å². The largest absolute Gasteiger partial charge is 0.508 e. The predicted octanol–water partition coefficient (Wildman–Crippen LogP) is 5.88. The standard InChI is InChI=1S/C22H17Cl2N3O2/c1-2-17-20(13-3-7-15(28)8-4-13)26-27(22-18(23)11-25-12-19(22)24)21(17)14-5-9-16(29)10-6-14/h3-12,28-29H,2H2,1H3. The molecule has 0 aliphatic rings. The van der Waals surface area contributed by atoms with E-state index in [1.165, 1.54) is 12.4 Å². The highest BCUT2D eigenvalue weighted by molar-refractivity contribution is 6.37. The zero-order chi connectivity index (χ0) is 20.5. The Morgan fingerprint density at radius 1 is 0.828 bits per heavy atom. The molecular formula is C22H17Cl2N3O2. The van der Waals surface area contributed by atoms with Crippen molar-refractivity contribution in [3.05, 3.63) is 76.5 Å². The Hall–Kier alpha value is -3.02. The van der Waals surface area contributed by atoms with Crippen LogP contribution in [0.2, 0.25) is 10.0 Å². The van der Waals surface area contributed by atoms with Crippen LogP contribution >= 0.6 is 23.2 Å². The van der Waals surface area contributed by atoms with Gasteiger partial charge in [0, 0.05) is 29.1 Å². The van der Waals surface area contributed by atoms with Gasteiger partial charge in [0.05, 0.1) is 21.4 Å². The number of aromatic hydroxyl groups is 2. The van der Waals surface area contributed by atoms with Gasteiger partial charge in [0.2, 0.25) is 0 Å². The van der Waals surface area contributed by atoms with Gasteiger partial charge in [-0.25, -0.2) is 4.68 Å². The average Bonchev–Trinajstić information content (AvgIpc) is 3.08. The molecule has 7 heteroatoms. The van der Waals surface area contributed by atoms with Crippen LogP contribution in [0.1, 0.15) is 12.5 Å². The summed E-state index contributed by atoms with van der Waals surface area (Å²) in [4.78, 5) is 4.04. The number of nitrogens with zero attached hydrogens (tertiary/aromatic N) is 3. The molecule has 29 heavy (non-hydrogen) atoms.